The number of H-pyrrole nitrogens is 1. The molecule has 3 N–H and O–H groups in total. The Labute approximate surface area is 69.9 Å². The quantitative estimate of drug-likeness (QED) is 0.623. The van der Waals surface area contributed by atoms with Crippen molar-refractivity contribution in [2.24, 2.45) is 0 Å². The van der Waals surface area contributed by atoms with Gasteiger partial charge in [-0.2, -0.15) is 0 Å². The average Bonchev–Trinajstić information content (AvgIpc) is 2.32. The lowest BCUT2D eigenvalue weighted by Crippen LogP contribution is -2.24. The summed E-state index contributed by atoms with van der Waals surface area (Å²) in [7, 11) is 0. The summed E-state index contributed by atoms with van der Waals surface area (Å²) in [6, 6.07) is 1.66. The van der Waals surface area contributed by atoms with E-state index in [9.17, 15) is 9.90 Å². The highest BCUT2D eigenvalue weighted by atomic mass is 16.4. The molecule has 0 amide bonds. The van der Waals surface area contributed by atoms with Crippen molar-refractivity contribution in [1.29, 1.82) is 0 Å². The first-order chi connectivity index (χ1) is 5.52. The normalized spacial score (nSPS) is 15.5. The van der Waals surface area contributed by atoms with Gasteiger partial charge in [-0.05, 0) is 13.0 Å². The van der Waals surface area contributed by atoms with Crippen LogP contribution in [0.15, 0.2) is 18.5 Å². The Morgan fingerprint density at radius 3 is 2.83 bits per heavy atom. The van der Waals surface area contributed by atoms with Gasteiger partial charge in [-0.15, -0.1) is 0 Å². The fourth-order valence-corrected chi connectivity index (χ4v) is 1.06. The first-order valence-electron chi connectivity index (χ1n) is 3.60. The van der Waals surface area contributed by atoms with Gasteiger partial charge >= 0.3 is 5.97 Å². The molecule has 0 aromatic carbocycles. The lowest BCUT2D eigenvalue weighted by atomic mass is 9.95. The number of carbonyl (C=O) groups is 1. The Hall–Kier alpha value is -1.29. The number of carboxylic acid groups (broad SMARTS) is 1. The Balaban J connectivity index is 2.79. The van der Waals surface area contributed by atoms with E-state index in [4.69, 9.17) is 5.11 Å². The molecule has 0 fully saturated rings. The van der Waals surface area contributed by atoms with Crippen LogP contribution in [0.1, 0.15) is 18.9 Å². The van der Waals surface area contributed by atoms with Gasteiger partial charge in [0.1, 0.15) is 0 Å². The summed E-state index contributed by atoms with van der Waals surface area (Å²) in [4.78, 5) is 13.1. The van der Waals surface area contributed by atoms with Gasteiger partial charge in [-0.1, -0.05) is 0 Å². The van der Waals surface area contributed by atoms with Crippen molar-refractivity contribution < 1.29 is 15.0 Å². The standard InChI is InChI=1S/C8H11NO3/c1-8(12,4-7(10)11)6-2-3-9-5-6/h2-3,5,9,12H,4H2,1H3,(H,10,11). The molecule has 66 valence electrons. The van der Waals surface area contributed by atoms with Gasteiger partial charge in [-0.3, -0.25) is 4.79 Å². The number of aliphatic hydroxyl groups is 1. The van der Waals surface area contributed by atoms with Gasteiger partial charge in [0.15, 0.2) is 0 Å². The number of carboxylic acids is 1. The highest BCUT2D eigenvalue weighted by Gasteiger charge is 2.26. The van der Waals surface area contributed by atoms with E-state index in [1.165, 1.54) is 6.92 Å². The third-order valence-electron chi connectivity index (χ3n) is 1.72. The van der Waals surface area contributed by atoms with Crippen molar-refractivity contribution in [2.75, 3.05) is 0 Å². The lowest BCUT2D eigenvalue weighted by Gasteiger charge is -2.19. The topological polar surface area (TPSA) is 73.3 Å². The maximum Gasteiger partial charge on any atom is 0.306 e. The Morgan fingerprint density at radius 1 is 1.75 bits per heavy atom. The summed E-state index contributed by atoms with van der Waals surface area (Å²) < 4.78 is 0. The molecular weight excluding hydrogens is 158 g/mol. The second kappa shape index (κ2) is 2.98. The van der Waals surface area contributed by atoms with E-state index in [1.54, 1.807) is 18.5 Å². The third-order valence-corrected chi connectivity index (χ3v) is 1.72. The molecule has 1 aromatic heterocycles. The van der Waals surface area contributed by atoms with Crippen LogP contribution in [0.4, 0.5) is 0 Å². The minimum Gasteiger partial charge on any atom is -0.481 e. The number of nitrogens with one attached hydrogen (secondary N) is 1. The summed E-state index contributed by atoms with van der Waals surface area (Å²) in [5.41, 5.74) is -0.698. The van der Waals surface area contributed by atoms with Crippen molar-refractivity contribution in [1.82, 2.24) is 4.98 Å². The summed E-state index contributed by atoms with van der Waals surface area (Å²) in [6.07, 6.45) is 2.94. The molecule has 1 unspecified atom stereocenters. The molecule has 12 heavy (non-hydrogen) atoms. The van der Waals surface area contributed by atoms with E-state index >= 15 is 0 Å². The Kier molecular flexibility index (Phi) is 2.19. The minimum atomic E-state index is -1.29. The van der Waals surface area contributed by atoms with Crippen molar-refractivity contribution >= 4 is 5.97 Å². The summed E-state index contributed by atoms with van der Waals surface area (Å²) in [6.45, 7) is 1.48. The van der Waals surface area contributed by atoms with Gasteiger partial charge in [0.25, 0.3) is 0 Å². The van der Waals surface area contributed by atoms with Crippen LogP contribution in [-0.2, 0) is 10.4 Å². The molecule has 4 heteroatoms. The van der Waals surface area contributed by atoms with Crippen LogP contribution in [0.3, 0.4) is 0 Å². The molecule has 0 saturated heterocycles. The smallest absolute Gasteiger partial charge is 0.306 e. The van der Waals surface area contributed by atoms with Crippen molar-refractivity contribution in [3.05, 3.63) is 24.0 Å². The zero-order valence-corrected chi connectivity index (χ0v) is 6.74. The Morgan fingerprint density at radius 2 is 2.42 bits per heavy atom. The Bertz CT molecular complexity index is 264. The molecule has 0 aliphatic carbocycles. The molecule has 0 radical (unpaired) electrons. The SMILES string of the molecule is CC(O)(CC(=O)O)c1cc[nH]c1. The lowest BCUT2D eigenvalue weighted by molar-refractivity contribution is -0.142. The molecule has 0 bridgehead atoms. The van der Waals surface area contributed by atoms with Crippen LogP contribution in [0.25, 0.3) is 0 Å². The second-order valence-electron chi connectivity index (χ2n) is 2.94. The number of aliphatic carboxylic acids is 1. The van der Waals surface area contributed by atoms with Gasteiger partial charge in [-0.25, -0.2) is 0 Å². The first-order valence-corrected chi connectivity index (χ1v) is 3.60. The number of aromatic nitrogens is 1. The van der Waals surface area contributed by atoms with E-state index in [0.717, 1.165) is 0 Å². The molecule has 1 atom stereocenters. The van der Waals surface area contributed by atoms with Gasteiger partial charge < -0.3 is 15.2 Å². The van der Waals surface area contributed by atoms with Crippen LogP contribution in [0, 0.1) is 0 Å². The van der Waals surface area contributed by atoms with Gasteiger partial charge in [0.05, 0.1) is 12.0 Å². The van der Waals surface area contributed by atoms with Crippen LogP contribution in [0.2, 0.25) is 0 Å². The average molecular weight is 169 g/mol. The zero-order chi connectivity index (χ0) is 9.19. The van der Waals surface area contributed by atoms with E-state index in [2.05, 4.69) is 4.98 Å². The molecule has 0 aliphatic heterocycles. The molecular formula is C8H11NO3. The number of aromatic amines is 1. The number of hydrogen-bond acceptors (Lipinski definition) is 2. The van der Waals surface area contributed by atoms with Crippen LogP contribution < -0.4 is 0 Å². The van der Waals surface area contributed by atoms with Crippen molar-refractivity contribution in [2.45, 2.75) is 18.9 Å². The largest absolute Gasteiger partial charge is 0.481 e. The summed E-state index contributed by atoms with van der Waals surface area (Å²) in [5, 5.41) is 18.1. The summed E-state index contributed by atoms with van der Waals surface area (Å²) in [5.74, 6) is -1.01. The van der Waals surface area contributed by atoms with E-state index in [-0.39, 0.29) is 6.42 Å². The van der Waals surface area contributed by atoms with Crippen molar-refractivity contribution in [3.63, 3.8) is 0 Å². The van der Waals surface area contributed by atoms with E-state index in [0.29, 0.717) is 5.56 Å². The molecule has 1 aromatic rings. The van der Waals surface area contributed by atoms with Crippen LogP contribution in [0.5, 0.6) is 0 Å². The zero-order valence-electron chi connectivity index (χ0n) is 6.74. The number of rotatable bonds is 3. The van der Waals surface area contributed by atoms with E-state index < -0.39 is 11.6 Å². The predicted molar refractivity (Wildman–Crippen MR) is 42.6 cm³/mol. The maximum atomic E-state index is 10.3. The minimum absolute atomic E-state index is 0.287. The number of hydrogen-bond donors (Lipinski definition) is 3. The molecule has 0 spiro atoms. The van der Waals surface area contributed by atoms with Crippen LogP contribution >= 0.6 is 0 Å². The fourth-order valence-electron chi connectivity index (χ4n) is 1.06. The summed E-state index contributed by atoms with van der Waals surface area (Å²) >= 11 is 0. The van der Waals surface area contributed by atoms with E-state index in [1.807, 2.05) is 0 Å². The third kappa shape index (κ3) is 1.85. The van der Waals surface area contributed by atoms with Gasteiger partial charge in [0.2, 0.25) is 0 Å². The van der Waals surface area contributed by atoms with Crippen molar-refractivity contribution in [3.8, 4) is 0 Å². The predicted octanol–water partition coefficient (Wildman–Crippen LogP) is 0.697. The van der Waals surface area contributed by atoms with Crippen LogP contribution in [-0.4, -0.2) is 21.2 Å². The molecule has 0 aliphatic rings. The second-order valence-corrected chi connectivity index (χ2v) is 2.94. The highest BCUT2D eigenvalue weighted by Crippen LogP contribution is 2.23. The monoisotopic (exact) mass is 169 g/mol. The first kappa shape index (κ1) is 8.80. The molecule has 0 saturated carbocycles. The highest BCUT2D eigenvalue weighted by molar-refractivity contribution is 5.68. The molecule has 1 heterocycles. The fraction of sp³-hybridized carbons (Fsp3) is 0.375. The molecule has 4 nitrogen and oxygen atoms in total. The maximum absolute atomic E-state index is 10.3. The molecule has 1 rings (SSSR count). The van der Waals surface area contributed by atoms with Gasteiger partial charge in [0, 0.05) is 18.0 Å².